The Labute approximate surface area is 325 Å². The SMILES string of the molecule is COc1ccc(C(NC2=NC(C)(c3cc(N=C(c4ccccc4)c4ccccc4)ccc3F)C(F)(F)C(C)(C)O2)(c2ccccc2)c2ccc(OC)cc2)cc1. The number of alkyl halides is 2. The smallest absolute Gasteiger partial charge is 0.315 e. The zero-order chi connectivity index (χ0) is 39.6. The Morgan fingerprint density at radius 1 is 0.643 bits per heavy atom. The van der Waals surface area contributed by atoms with Crippen LogP contribution in [-0.2, 0) is 15.8 Å². The molecule has 1 unspecified atom stereocenters. The van der Waals surface area contributed by atoms with Gasteiger partial charge in [0.15, 0.2) is 11.1 Å². The summed E-state index contributed by atoms with van der Waals surface area (Å²) in [7, 11) is 3.16. The van der Waals surface area contributed by atoms with Crippen molar-refractivity contribution < 1.29 is 27.4 Å². The van der Waals surface area contributed by atoms with Crippen molar-refractivity contribution in [2.45, 2.75) is 43.4 Å². The van der Waals surface area contributed by atoms with Gasteiger partial charge in [-0.2, -0.15) is 8.78 Å². The van der Waals surface area contributed by atoms with E-state index in [0.717, 1.165) is 33.9 Å². The first kappa shape index (κ1) is 37.9. The van der Waals surface area contributed by atoms with Gasteiger partial charge in [0.1, 0.15) is 22.9 Å². The third-order valence-corrected chi connectivity index (χ3v) is 10.4. The van der Waals surface area contributed by atoms with E-state index in [0.29, 0.717) is 17.2 Å². The van der Waals surface area contributed by atoms with E-state index >= 15 is 13.2 Å². The number of halogens is 3. The van der Waals surface area contributed by atoms with Gasteiger partial charge in [-0.15, -0.1) is 0 Å². The highest BCUT2D eigenvalue weighted by molar-refractivity contribution is 6.13. The number of nitrogens with zero attached hydrogens (tertiary/aromatic N) is 2. The van der Waals surface area contributed by atoms with E-state index in [4.69, 9.17) is 19.2 Å². The molecule has 6 nitrogen and oxygen atoms in total. The molecule has 6 aromatic carbocycles. The average Bonchev–Trinajstić information content (AvgIpc) is 3.22. The second-order valence-electron chi connectivity index (χ2n) is 14.2. The predicted molar refractivity (Wildman–Crippen MR) is 215 cm³/mol. The molecule has 0 aliphatic carbocycles. The Bertz CT molecular complexity index is 2260. The van der Waals surface area contributed by atoms with Gasteiger partial charge in [-0.3, -0.25) is 0 Å². The fourth-order valence-electron chi connectivity index (χ4n) is 7.29. The van der Waals surface area contributed by atoms with Gasteiger partial charge in [-0.1, -0.05) is 115 Å². The Hall–Kier alpha value is -6.35. The standard InChI is InChI=1S/C47H42F3N3O3/c1-44(2)47(49,50)45(3,40-31-37(25-30-41(40)48)51-42(32-15-9-6-10-16-32)33-17-11-7-12-18-33)52-43(56-44)53-46(34-19-13-8-14-20-34,35-21-26-38(54-4)27-22-35)36-23-28-39(55-5)29-24-36/h6-31H,1-5H3,(H,52,53). The predicted octanol–water partition coefficient (Wildman–Crippen LogP) is 10.6. The van der Waals surface area contributed by atoms with Gasteiger partial charge in [-0.05, 0) is 79.9 Å². The van der Waals surface area contributed by atoms with E-state index in [-0.39, 0.29) is 17.3 Å². The van der Waals surface area contributed by atoms with Crippen LogP contribution in [0.25, 0.3) is 0 Å². The molecular weight excluding hydrogens is 712 g/mol. The van der Waals surface area contributed by atoms with Gasteiger partial charge < -0.3 is 19.5 Å². The molecule has 0 fully saturated rings. The number of amidine groups is 1. The lowest BCUT2D eigenvalue weighted by Crippen LogP contribution is -2.64. The van der Waals surface area contributed by atoms with Gasteiger partial charge in [0, 0.05) is 16.7 Å². The number of hydrogen-bond donors (Lipinski definition) is 1. The molecule has 7 rings (SSSR count). The molecule has 0 saturated heterocycles. The van der Waals surface area contributed by atoms with Gasteiger partial charge in [0.25, 0.3) is 6.02 Å². The van der Waals surface area contributed by atoms with E-state index in [2.05, 4.69) is 10.3 Å². The van der Waals surface area contributed by atoms with Crippen molar-refractivity contribution >= 4 is 17.4 Å². The van der Waals surface area contributed by atoms with Crippen LogP contribution in [0.5, 0.6) is 11.5 Å². The summed E-state index contributed by atoms with van der Waals surface area (Å²) in [5.41, 5.74) is -1.49. The van der Waals surface area contributed by atoms with Crippen LogP contribution in [0.2, 0.25) is 0 Å². The number of hydrogen-bond acceptors (Lipinski definition) is 6. The average molecular weight is 754 g/mol. The van der Waals surface area contributed by atoms with Gasteiger partial charge in [-0.25, -0.2) is 14.4 Å². The summed E-state index contributed by atoms with van der Waals surface area (Å²) in [5, 5.41) is 3.48. The monoisotopic (exact) mass is 753 g/mol. The zero-order valence-corrected chi connectivity index (χ0v) is 31.8. The van der Waals surface area contributed by atoms with Crippen LogP contribution in [0.1, 0.15) is 54.2 Å². The van der Waals surface area contributed by atoms with E-state index in [1.165, 1.54) is 32.9 Å². The van der Waals surface area contributed by atoms with Crippen molar-refractivity contribution in [2.24, 2.45) is 9.98 Å². The van der Waals surface area contributed by atoms with Gasteiger partial charge in [0.05, 0.1) is 25.6 Å². The molecule has 1 heterocycles. The van der Waals surface area contributed by atoms with Crippen LogP contribution in [0.15, 0.2) is 168 Å². The van der Waals surface area contributed by atoms with E-state index < -0.39 is 28.4 Å². The van der Waals surface area contributed by atoms with Crippen LogP contribution >= 0.6 is 0 Å². The molecule has 0 aromatic heterocycles. The third kappa shape index (κ3) is 6.78. The second kappa shape index (κ2) is 15.1. The number of rotatable bonds is 10. The fraction of sp³-hybridized carbons (Fsp3) is 0.191. The number of benzene rings is 6. The lowest BCUT2D eigenvalue weighted by molar-refractivity contribution is -0.209. The second-order valence-corrected chi connectivity index (χ2v) is 14.2. The molecule has 9 heteroatoms. The first-order chi connectivity index (χ1) is 26.9. The lowest BCUT2D eigenvalue weighted by Gasteiger charge is -2.49. The lowest BCUT2D eigenvalue weighted by atomic mass is 9.76. The van der Waals surface area contributed by atoms with E-state index in [1.54, 1.807) is 14.2 Å². The summed E-state index contributed by atoms with van der Waals surface area (Å²) in [4.78, 5) is 9.58. The minimum atomic E-state index is -3.72. The minimum absolute atomic E-state index is 0.207. The normalized spacial score (nSPS) is 17.2. The third-order valence-electron chi connectivity index (χ3n) is 10.4. The summed E-state index contributed by atoms with van der Waals surface area (Å²) in [6.07, 6.45) is 0. The molecule has 0 amide bonds. The summed E-state index contributed by atoms with van der Waals surface area (Å²) in [5.74, 6) is -3.31. The molecule has 284 valence electrons. The molecule has 0 radical (unpaired) electrons. The zero-order valence-electron chi connectivity index (χ0n) is 31.8. The Morgan fingerprint density at radius 2 is 1.11 bits per heavy atom. The molecule has 6 aromatic rings. The van der Waals surface area contributed by atoms with Crippen LogP contribution in [0.4, 0.5) is 18.9 Å². The molecule has 1 atom stereocenters. The first-order valence-corrected chi connectivity index (χ1v) is 18.2. The first-order valence-electron chi connectivity index (χ1n) is 18.2. The summed E-state index contributed by atoms with van der Waals surface area (Å²) in [6.45, 7) is 3.82. The van der Waals surface area contributed by atoms with Crippen molar-refractivity contribution in [1.29, 1.82) is 0 Å². The molecule has 0 bridgehead atoms. The Balaban J connectivity index is 1.43. The van der Waals surface area contributed by atoms with Crippen LogP contribution in [0, 0.1) is 5.82 Å². The van der Waals surface area contributed by atoms with Crippen LogP contribution in [-0.4, -0.2) is 37.5 Å². The van der Waals surface area contributed by atoms with Gasteiger partial charge in [0.2, 0.25) is 0 Å². The summed E-state index contributed by atoms with van der Waals surface area (Å²) < 4.78 is 67.5. The highest BCUT2D eigenvalue weighted by Crippen LogP contribution is 2.53. The van der Waals surface area contributed by atoms with Crippen molar-refractivity contribution in [2.75, 3.05) is 14.2 Å². The summed E-state index contributed by atoms with van der Waals surface area (Å²) >= 11 is 0. The highest BCUT2D eigenvalue weighted by atomic mass is 19.3. The van der Waals surface area contributed by atoms with Crippen molar-refractivity contribution in [1.82, 2.24) is 5.32 Å². The maximum atomic E-state index is 17.1. The number of nitrogens with one attached hydrogen (secondary N) is 1. The van der Waals surface area contributed by atoms with Gasteiger partial charge >= 0.3 is 5.92 Å². The maximum Gasteiger partial charge on any atom is 0.315 e. The Kier molecular flexibility index (Phi) is 10.2. The van der Waals surface area contributed by atoms with Crippen LogP contribution in [0.3, 0.4) is 0 Å². The molecule has 0 saturated carbocycles. The van der Waals surface area contributed by atoms with Crippen molar-refractivity contribution in [3.63, 3.8) is 0 Å². The van der Waals surface area contributed by atoms with E-state index in [1.807, 2.05) is 140 Å². The number of methoxy groups -OCH3 is 2. The molecule has 1 aliphatic heterocycles. The molecule has 1 aliphatic rings. The van der Waals surface area contributed by atoms with Crippen LogP contribution < -0.4 is 14.8 Å². The molecule has 0 spiro atoms. The highest BCUT2D eigenvalue weighted by Gasteiger charge is 2.67. The van der Waals surface area contributed by atoms with Crippen molar-refractivity contribution in [3.8, 4) is 11.5 Å². The minimum Gasteiger partial charge on any atom is -0.497 e. The largest absolute Gasteiger partial charge is 0.497 e. The molecular formula is C47H42F3N3O3. The molecule has 1 N–H and O–H groups in total. The molecule has 56 heavy (non-hydrogen) atoms. The maximum absolute atomic E-state index is 17.1. The summed E-state index contributed by atoms with van der Waals surface area (Å²) in [6, 6.07) is 47.3. The van der Waals surface area contributed by atoms with E-state index in [9.17, 15) is 0 Å². The van der Waals surface area contributed by atoms with Crippen molar-refractivity contribution in [3.05, 3.63) is 197 Å². The Morgan fingerprint density at radius 3 is 1.59 bits per heavy atom. The topological polar surface area (TPSA) is 64.4 Å². The quantitative estimate of drug-likeness (QED) is 0.112. The number of ether oxygens (including phenoxy) is 3. The fourth-order valence-corrected chi connectivity index (χ4v) is 7.29. The number of aliphatic imine (C=N–C) groups is 2.